The summed E-state index contributed by atoms with van der Waals surface area (Å²) in [7, 11) is 0. The number of benzene rings is 1. The second kappa shape index (κ2) is 7.60. The first-order valence-corrected chi connectivity index (χ1v) is 8.36. The molecule has 7 nitrogen and oxygen atoms in total. The van der Waals surface area contributed by atoms with Crippen molar-refractivity contribution >= 4 is 6.03 Å². The van der Waals surface area contributed by atoms with Crippen molar-refractivity contribution in [2.45, 2.75) is 50.8 Å². The number of nitrogens with zero attached hydrogens (tertiary/aromatic N) is 2. The molecule has 0 saturated heterocycles. The quantitative estimate of drug-likeness (QED) is 0.788. The highest BCUT2D eigenvalue weighted by molar-refractivity contribution is 5.74. The molecule has 25 heavy (non-hydrogen) atoms. The molecule has 8 heteroatoms. The van der Waals surface area contributed by atoms with Gasteiger partial charge in [0.2, 0.25) is 11.7 Å². The molecule has 0 bridgehead atoms. The number of hydrogen-bond donors (Lipinski definition) is 3. The molecule has 1 atom stereocenters. The molecule has 1 unspecified atom stereocenters. The van der Waals surface area contributed by atoms with Gasteiger partial charge in [0, 0.05) is 11.6 Å². The predicted octanol–water partition coefficient (Wildman–Crippen LogP) is 2.54. The Morgan fingerprint density at radius 3 is 2.84 bits per heavy atom. The SMILES string of the molecule is CC(NC(=O)NC1CCC(O)CC1)c1nc(-c2cccc(F)c2)no1. The van der Waals surface area contributed by atoms with Crippen LogP contribution in [0.25, 0.3) is 11.4 Å². The second-order valence-electron chi connectivity index (χ2n) is 6.31. The Kier molecular flexibility index (Phi) is 5.28. The van der Waals surface area contributed by atoms with E-state index in [-0.39, 0.29) is 35.7 Å². The number of hydrogen-bond acceptors (Lipinski definition) is 5. The Morgan fingerprint density at radius 1 is 1.36 bits per heavy atom. The molecule has 3 N–H and O–H groups in total. The monoisotopic (exact) mass is 348 g/mol. The molecular weight excluding hydrogens is 327 g/mol. The standard InChI is InChI=1S/C17H21FN4O3/c1-10(19-17(24)20-13-5-7-14(23)8-6-13)16-21-15(22-25-16)11-3-2-4-12(18)9-11/h2-4,9-10,13-14,23H,5-8H2,1H3,(H2,19,20,24). The molecule has 0 aliphatic heterocycles. The molecule has 1 aliphatic carbocycles. The number of aliphatic hydroxyl groups excluding tert-OH is 1. The van der Waals surface area contributed by atoms with E-state index < -0.39 is 6.04 Å². The summed E-state index contributed by atoms with van der Waals surface area (Å²) in [6, 6.07) is 5.15. The molecule has 1 aromatic carbocycles. The topological polar surface area (TPSA) is 100 Å². The predicted molar refractivity (Wildman–Crippen MR) is 88.0 cm³/mol. The number of amides is 2. The molecule has 3 rings (SSSR count). The van der Waals surface area contributed by atoms with Gasteiger partial charge in [-0.3, -0.25) is 0 Å². The van der Waals surface area contributed by atoms with Crippen LogP contribution in [0.2, 0.25) is 0 Å². The molecule has 134 valence electrons. The van der Waals surface area contributed by atoms with E-state index in [0.717, 1.165) is 12.8 Å². The average molecular weight is 348 g/mol. The van der Waals surface area contributed by atoms with Gasteiger partial charge in [-0.1, -0.05) is 17.3 Å². The summed E-state index contributed by atoms with van der Waals surface area (Å²) in [6.07, 6.45) is 2.64. The minimum atomic E-state index is -0.482. The highest BCUT2D eigenvalue weighted by atomic mass is 19.1. The lowest BCUT2D eigenvalue weighted by Crippen LogP contribution is -2.44. The third-order valence-electron chi connectivity index (χ3n) is 4.27. The van der Waals surface area contributed by atoms with Crippen LogP contribution in [0.15, 0.2) is 28.8 Å². The summed E-state index contributed by atoms with van der Waals surface area (Å²) in [5.41, 5.74) is 0.507. The summed E-state index contributed by atoms with van der Waals surface area (Å²) in [6.45, 7) is 1.73. The second-order valence-corrected chi connectivity index (χ2v) is 6.31. The lowest BCUT2D eigenvalue weighted by molar-refractivity contribution is 0.117. The normalized spacial score (nSPS) is 21.6. The summed E-state index contributed by atoms with van der Waals surface area (Å²) in [4.78, 5) is 16.3. The van der Waals surface area contributed by atoms with Crippen molar-refractivity contribution in [3.05, 3.63) is 36.0 Å². The highest BCUT2D eigenvalue weighted by Crippen LogP contribution is 2.20. The van der Waals surface area contributed by atoms with Crippen molar-refractivity contribution in [2.24, 2.45) is 0 Å². The smallest absolute Gasteiger partial charge is 0.315 e. The number of urea groups is 1. The number of carbonyl (C=O) groups is 1. The molecule has 0 radical (unpaired) electrons. The van der Waals surface area contributed by atoms with Gasteiger partial charge >= 0.3 is 6.03 Å². The summed E-state index contributed by atoms with van der Waals surface area (Å²) in [5.74, 6) is 0.130. The van der Waals surface area contributed by atoms with Crippen LogP contribution < -0.4 is 10.6 Å². The first-order valence-electron chi connectivity index (χ1n) is 8.36. The van der Waals surface area contributed by atoms with Gasteiger partial charge < -0.3 is 20.3 Å². The zero-order chi connectivity index (χ0) is 17.8. The van der Waals surface area contributed by atoms with Crippen LogP contribution in [-0.4, -0.2) is 33.4 Å². The highest BCUT2D eigenvalue weighted by Gasteiger charge is 2.22. The van der Waals surface area contributed by atoms with Crippen LogP contribution in [0.3, 0.4) is 0 Å². The Hall–Kier alpha value is -2.48. The third kappa shape index (κ3) is 4.54. The van der Waals surface area contributed by atoms with Crippen molar-refractivity contribution in [1.29, 1.82) is 0 Å². The molecule has 1 aliphatic rings. The van der Waals surface area contributed by atoms with Gasteiger partial charge in [0.25, 0.3) is 0 Å². The Balaban J connectivity index is 1.56. The number of carbonyl (C=O) groups excluding carboxylic acids is 1. The molecular formula is C17H21FN4O3. The van der Waals surface area contributed by atoms with E-state index in [2.05, 4.69) is 20.8 Å². The fourth-order valence-corrected chi connectivity index (χ4v) is 2.86. The van der Waals surface area contributed by atoms with Gasteiger partial charge in [-0.05, 0) is 44.7 Å². The van der Waals surface area contributed by atoms with Crippen LogP contribution in [0.4, 0.5) is 9.18 Å². The molecule has 1 saturated carbocycles. The number of halogens is 1. The van der Waals surface area contributed by atoms with Crippen molar-refractivity contribution < 1.29 is 18.8 Å². The first kappa shape index (κ1) is 17.3. The summed E-state index contributed by atoms with van der Waals surface area (Å²) in [5, 5.41) is 19.0. The average Bonchev–Trinajstić information content (AvgIpc) is 3.07. The molecule has 0 spiro atoms. The fourth-order valence-electron chi connectivity index (χ4n) is 2.86. The van der Waals surface area contributed by atoms with Crippen molar-refractivity contribution in [3.63, 3.8) is 0 Å². The molecule has 1 aromatic heterocycles. The summed E-state index contributed by atoms with van der Waals surface area (Å²) >= 11 is 0. The van der Waals surface area contributed by atoms with E-state index in [1.165, 1.54) is 12.1 Å². The van der Waals surface area contributed by atoms with Gasteiger partial charge in [0.05, 0.1) is 6.10 Å². The van der Waals surface area contributed by atoms with Crippen molar-refractivity contribution in [3.8, 4) is 11.4 Å². The largest absolute Gasteiger partial charge is 0.393 e. The van der Waals surface area contributed by atoms with Crippen molar-refractivity contribution in [1.82, 2.24) is 20.8 Å². The number of aromatic nitrogens is 2. The van der Waals surface area contributed by atoms with E-state index in [1.54, 1.807) is 19.1 Å². The lowest BCUT2D eigenvalue weighted by atomic mass is 9.93. The van der Waals surface area contributed by atoms with Crippen LogP contribution in [0.1, 0.15) is 44.5 Å². The van der Waals surface area contributed by atoms with Crippen LogP contribution >= 0.6 is 0 Å². The van der Waals surface area contributed by atoms with Gasteiger partial charge in [0.1, 0.15) is 11.9 Å². The van der Waals surface area contributed by atoms with Crippen LogP contribution in [0, 0.1) is 5.82 Å². The maximum absolute atomic E-state index is 13.3. The summed E-state index contributed by atoms with van der Waals surface area (Å²) < 4.78 is 18.4. The van der Waals surface area contributed by atoms with E-state index in [9.17, 15) is 14.3 Å². The zero-order valence-corrected chi connectivity index (χ0v) is 13.9. The minimum absolute atomic E-state index is 0.0566. The lowest BCUT2D eigenvalue weighted by Gasteiger charge is -2.26. The van der Waals surface area contributed by atoms with Gasteiger partial charge in [-0.2, -0.15) is 4.98 Å². The van der Waals surface area contributed by atoms with E-state index in [1.807, 2.05) is 0 Å². The third-order valence-corrected chi connectivity index (χ3v) is 4.27. The molecule has 1 fully saturated rings. The van der Waals surface area contributed by atoms with Crippen LogP contribution in [0.5, 0.6) is 0 Å². The maximum Gasteiger partial charge on any atom is 0.315 e. The number of nitrogens with one attached hydrogen (secondary N) is 2. The molecule has 2 amide bonds. The number of aliphatic hydroxyl groups is 1. The Labute approximate surface area is 144 Å². The maximum atomic E-state index is 13.3. The fraction of sp³-hybridized carbons (Fsp3) is 0.471. The molecule has 1 heterocycles. The van der Waals surface area contributed by atoms with Gasteiger partial charge in [-0.25, -0.2) is 9.18 Å². The minimum Gasteiger partial charge on any atom is -0.393 e. The Bertz CT molecular complexity index is 728. The van der Waals surface area contributed by atoms with Crippen LogP contribution in [-0.2, 0) is 0 Å². The van der Waals surface area contributed by atoms with E-state index >= 15 is 0 Å². The number of rotatable bonds is 4. The van der Waals surface area contributed by atoms with E-state index in [4.69, 9.17) is 4.52 Å². The van der Waals surface area contributed by atoms with Gasteiger partial charge in [-0.15, -0.1) is 0 Å². The van der Waals surface area contributed by atoms with Gasteiger partial charge in [0.15, 0.2) is 0 Å². The Morgan fingerprint density at radius 2 is 2.12 bits per heavy atom. The van der Waals surface area contributed by atoms with E-state index in [0.29, 0.717) is 18.4 Å². The van der Waals surface area contributed by atoms with Crippen molar-refractivity contribution in [2.75, 3.05) is 0 Å². The molecule has 2 aromatic rings. The zero-order valence-electron chi connectivity index (χ0n) is 13.9. The first-order chi connectivity index (χ1) is 12.0.